The van der Waals surface area contributed by atoms with Crippen molar-refractivity contribution < 1.29 is 0 Å². The highest BCUT2D eigenvalue weighted by Crippen LogP contribution is 1.93. The summed E-state index contributed by atoms with van der Waals surface area (Å²) in [5, 5.41) is 12.0. The maximum absolute atomic E-state index is 3.96. The highest BCUT2D eigenvalue weighted by atomic mass is 79.9. The lowest BCUT2D eigenvalue weighted by atomic mass is 10.3. The second-order valence-corrected chi connectivity index (χ2v) is 3.47. The molecule has 4 nitrogen and oxygen atoms in total. The first-order chi connectivity index (χ1) is 5.72. The molecule has 0 bridgehead atoms. The molecule has 0 fully saturated rings. The summed E-state index contributed by atoms with van der Waals surface area (Å²) in [5.41, 5.74) is 0.977. The molecule has 1 rings (SSSR count). The Morgan fingerprint density at radius 1 is 1.75 bits per heavy atom. The van der Waals surface area contributed by atoms with E-state index in [0.29, 0.717) is 6.04 Å². The van der Waals surface area contributed by atoms with Gasteiger partial charge in [0.15, 0.2) is 0 Å². The highest BCUT2D eigenvalue weighted by molar-refractivity contribution is 9.09. The van der Waals surface area contributed by atoms with Crippen molar-refractivity contribution in [2.75, 3.05) is 5.33 Å². The van der Waals surface area contributed by atoms with Gasteiger partial charge in [0.2, 0.25) is 0 Å². The van der Waals surface area contributed by atoms with Gasteiger partial charge < -0.3 is 5.32 Å². The lowest BCUT2D eigenvalue weighted by molar-refractivity contribution is 0.589. The maximum atomic E-state index is 3.96. The first kappa shape index (κ1) is 9.67. The van der Waals surface area contributed by atoms with E-state index in [2.05, 4.69) is 38.5 Å². The number of hydrogen-bond acceptors (Lipinski definition) is 3. The van der Waals surface area contributed by atoms with Crippen molar-refractivity contribution in [3.8, 4) is 0 Å². The zero-order valence-corrected chi connectivity index (χ0v) is 8.87. The smallest absolute Gasteiger partial charge is 0.0964 e. The summed E-state index contributed by atoms with van der Waals surface area (Å²) in [6, 6.07) is 0.465. The molecular weight excluding hydrogens is 220 g/mol. The predicted octanol–water partition coefficient (Wildman–Crippen LogP) is 0.688. The van der Waals surface area contributed by atoms with Crippen LogP contribution in [0.3, 0.4) is 0 Å². The number of alkyl halides is 1. The molecule has 1 aromatic heterocycles. The average molecular weight is 233 g/mol. The van der Waals surface area contributed by atoms with Gasteiger partial charge in [-0.05, 0) is 6.92 Å². The Kier molecular flexibility index (Phi) is 3.68. The summed E-state index contributed by atoms with van der Waals surface area (Å²) in [6.45, 7) is 2.89. The van der Waals surface area contributed by atoms with Crippen LogP contribution in [0.4, 0.5) is 0 Å². The van der Waals surface area contributed by atoms with E-state index in [1.807, 2.05) is 13.2 Å². The van der Waals surface area contributed by atoms with E-state index in [1.54, 1.807) is 4.68 Å². The monoisotopic (exact) mass is 232 g/mol. The summed E-state index contributed by atoms with van der Waals surface area (Å²) < 4.78 is 1.70. The van der Waals surface area contributed by atoms with Gasteiger partial charge in [-0.15, -0.1) is 5.10 Å². The van der Waals surface area contributed by atoms with Crippen molar-refractivity contribution in [1.82, 2.24) is 20.3 Å². The third-order valence-corrected chi connectivity index (χ3v) is 2.48. The lowest BCUT2D eigenvalue weighted by Gasteiger charge is -2.07. The molecule has 1 aromatic rings. The minimum atomic E-state index is 0.465. The van der Waals surface area contributed by atoms with Crippen LogP contribution in [0.5, 0.6) is 0 Å². The van der Waals surface area contributed by atoms with Gasteiger partial charge in [-0.1, -0.05) is 21.1 Å². The fourth-order valence-electron chi connectivity index (χ4n) is 0.810. The molecule has 0 radical (unpaired) electrons. The number of nitrogens with one attached hydrogen (secondary N) is 1. The van der Waals surface area contributed by atoms with Gasteiger partial charge >= 0.3 is 0 Å². The molecule has 1 unspecified atom stereocenters. The van der Waals surface area contributed by atoms with Gasteiger partial charge in [-0.25, -0.2) is 0 Å². The Balaban J connectivity index is 2.33. The van der Waals surface area contributed by atoms with Gasteiger partial charge in [0.05, 0.1) is 5.69 Å². The fraction of sp³-hybridized carbons (Fsp3) is 0.714. The van der Waals surface area contributed by atoms with E-state index in [9.17, 15) is 0 Å². The van der Waals surface area contributed by atoms with Crippen LogP contribution in [0, 0.1) is 0 Å². The van der Waals surface area contributed by atoms with Crippen molar-refractivity contribution in [2.45, 2.75) is 19.5 Å². The molecule has 0 aliphatic heterocycles. The zero-order chi connectivity index (χ0) is 8.97. The van der Waals surface area contributed by atoms with Crippen molar-refractivity contribution >= 4 is 15.9 Å². The number of nitrogens with zero attached hydrogens (tertiary/aromatic N) is 3. The summed E-state index contributed by atoms with van der Waals surface area (Å²) >= 11 is 3.39. The Labute approximate surface area is 80.5 Å². The van der Waals surface area contributed by atoms with Crippen molar-refractivity contribution in [3.05, 3.63) is 11.9 Å². The Bertz CT molecular complexity index is 235. The van der Waals surface area contributed by atoms with Gasteiger partial charge in [0.1, 0.15) is 0 Å². The first-order valence-corrected chi connectivity index (χ1v) is 4.99. The summed E-state index contributed by atoms with van der Waals surface area (Å²) in [7, 11) is 1.87. The molecule has 0 spiro atoms. The summed E-state index contributed by atoms with van der Waals surface area (Å²) in [6.07, 6.45) is 1.91. The summed E-state index contributed by atoms with van der Waals surface area (Å²) in [5.74, 6) is 0. The molecule has 0 aromatic carbocycles. The molecule has 0 aliphatic rings. The molecule has 68 valence electrons. The highest BCUT2D eigenvalue weighted by Gasteiger charge is 2.00. The molecule has 1 N–H and O–H groups in total. The van der Waals surface area contributed by atoms with Crippen molar-refractivity contribution in [3.63, 3.8) is 0 Å². The quantitative estimate of drug-likeness (QED) is 0.778. The SMILES string of the molecule is CC(CBr)NCc1cn(C)nn1. The molecule has 0 saturated carbocycles. The normalized spacial score (nSPS) is 13.2. The Morgan fingerprint density at radius 3 is 3.00 bits per heavy atom. The van der Waals surface area contributed by atoms with Crippen LogP contribution in [0.2, 0.25) is 0 Å². The standard InChI is InChI=1S/C7H13BrN4/c1-6(3-8)9-4-7-5-12(2)11-10-7/h5-6,9H,3-4H2,1-2H3. The Morgan fingerprint density at radius 2 is 2.50 bits per heavy atom. The second-order valence-electron chi connectivity index (χ2n) is 2.82. The Hall–Kier alpha value is -0.420. The van der Waals surface area contributed by atoms with Gasteiger partial charge in [-0.2, -0.15) is 0 Å². The second kappa shape index (κ2) is 4.57. The third-order valence-electron chi connectivity index (χ3n) is 1.51. The largest absolute Gasteiger partial charge is 0.308 e. The van der Waals surface area contributed by atoms with E-state index in [4.69, 9.17) is 0 Å². The fourth-order valence-corrected chi connectivity index (χ4v) is 1.04. The van der Waals surface area contributed by atoms with E-state index < -0.39 is 0 Å². The van der Waals surface area contributed by atoms with Crippen LogP contribution in [0.1, 0.15) is 12.6 Å². The number of aryl methyl sites for hydroxylation is 1. The number of halogens is 1. The van der Waals surface area contributed by atoms with Crippen LogP contribution in [-0.2, 0) is 13.6 Å². The molecule has 5 heteroatoms. The minimum absolute atomic E-state index is 0.465. The zero-order valence-electron chi connectivity index (χ0n) is 7.29. The third kappa shape index (κ3) is 2.91. The molecule has 12 heavy (non-hydrogen) atoms. The van der Waals surface area contributed by atoms with Crippen LogP contribution in [0.15, 0.2) is 6.20 Å². The molecule has 0 aliphatic carbocycles. The molecule has 0 amide bonds. The van der Waals surface area contributed by atoms with Crippen LogP contribution >= 0.6 is 15.9 Å². The average Bonchev–Trinajstić information content (AvgIpc) is 2.47. The molecule has 1 heterocycles. The topological polar surface area (TPSA) is 42.7 Å². The van der Waals surface area contributed by atoms with E-state index in [0.717, 1.165) is 17.6 Å². The van der Waals surface area contributed by atoms with Gasteiger partial charge in [-0.3, -0.25) is 4.68 Å². The van der Waals surface area contributed by atoms with E-state index in [-0.39, 0.29) is 0 Å². The first-order valence-electron chi connectivity index (χ1n) is 3.87. The molecular formula is C7H13BrN4. The van der Waals surface area contributed by atoms with Crippen LogP contribution in [0.25, 0.3) is 0 Å². The molecule has 0 saturated heterocycles. The molecule has 1 atom stereocenters. The van der Waals surface area contributed by atoms with Crippen molar-refractivity contribution in [1.29, 1.82) is 0 Å². The van der Waals surface area contributed by atoms with E-state index in [1.165, 1.54) is 0 Å². The summed E-state index contributed by atoms with van der Waals surface area (Å²) in [4.78, 5) is 0. The predicted molar refractivity (Wildman–Crippen MR) is 51.1 cm³/mol. The van der Waals surface area contributed by atoms with Crippen molar-refractivity contribution in [2.24, 2.45) is 7.05 Å². The number of rotatable bonds is 4. The number of aromatic nitrogens is 3. The van der Waals surface area contributed by atoms with Crippen LogP contribution in [-0.4, -0.2) is 26.4 Å². The van der Waals surface area contributed by atoms with Crippen LogP contribution < -0.4 is 5.32 Å². The number of hydrogen-bond donors (Lipinski definition) is 1. The maximum Gasteiger partial charge on any atom is 0.0964 e. The van der Waals surface area contributed by atoms with E-state index >= 15 is 0 Å². The van der Waals surface area contributed by atoms with Gasteiger partial charge in [0, 0.05) is 31.2 Å². The lowest BCUT2D eigenvalue weighted by Crippen LogP contribution is -2.26. The van der Waals surface area contributed by atoms with Gasteiger partial charge in [0.25, 0.3) is 0 Å². The minimum Gasteiger partial charge on any atom is -0.308 e.